The van der Waals surface area contributed by atoms with Crippen LogP contribution in [0.2, 0.25) is 0 Å². The molecule has 0 unspecified atom stereocenters. The minimum Gasteiger partial charge on any atom is -0.366 e. The Morgan fingerprint density at radius 2 is 1.62 bits per heavy atom. The topological polar surface area (TPSA) is 131 Å². The fourth-order valence-electron chi connectivity index (χ4n) is 3.80. The third-order valence-electron chi connectivity index (χ3n) is 5.97. The summed E-state index contributed by atoms with van der Waals surface area (Å²) in [5.41, 5.74) is 8.04. The van der Waals surface area contributed by atoms with Crippen molar-refractivity contribution in [2.24, 2.45) is 5.73 Å². The zero-order chi connectivity index (χ0) is 28.4. The van der Waals surface area contributed by atoms with E-state index in [4.69, 9.17) is 5.73 Å². The second kappa shape index (κ2) is 11.0. The van der Waals surface area contributed by atoms with Gasteiger partial charge in [0, 0.05) is 27.5 Å². The van der Waals surface area contributed by atoms with Crippen LogP contribution < -0.4 is 16.4 Å². The molecule has 0 aliphatic heterocycles. The first-order chi connectivity index (χ1) is 18.4. The highest BCUT2D eigenvalue weighted by molar-refractivity contribution is 9.10. The summed E-state index contributed by atoms with van der Waals surface area (Å²) in [5.74, 6) is -0.573. The number of carbonyl (C=O) groups is 2. The molecule has 0 atom stereocenters. The van der Waals surface area contributed by atoms with Crippen LogP contribution in [0, 0.1) is 0 Å². The number of primary amides is 1. The maximum Gasteiger partial charge on any atom is 0.255 e. The van der Waals surface area contributed by atoms with Crippen molar-refractivity contribution in [3.05, 3.63) is 101 Å². The molecule has 10 heteroatoms. The zero-order valence-electron chi connectivity index (χ0n) is 21.5. The number of hydrogen-bond acceptors (Lipinski definition) is 6. The van der Waals surface area contributed by atoms with Crippen molar-refractivity contribution in [1.29, 1.82) is 0 Å². The molecule has 0 bridgehead atoms. The Kier molecular flexibility index (Phi) is 7.89. The smallest absolute Gasteiger partial charge is 0.255 e. The third-order valence-corrected chi connectivity index (χ3v) is 8.99. The number of amides is 2. The molecule has 8 nitrogen and oxygen atoms in total. The summed E-state index contributed by atoms with van der Waals surface area (Å²) in [6.07, 6.45) is 1.64. The molecular formula is C29H27BrN4O4S. The summed E-state index contributed by atoms with van der Waals surface area (Å²) >= 11 is 3.34. The molecule has 4 rings (SSSR count). The first kappa shape index (κ1) is 28.0. The van der Waals surface area contributed by atoms with Gasteiger partial charge in [-0.1, -0.05) is 30.3 Å². The number of rotatable bonds is 7. The Labute approximate surface area is 235 Å². The predicted molar refractivity (Wildman–Crippen MR) is 157 cm³/mol. The maximum absolute atomic E-state index is 13.2. The van der Waals surface area contributed by atoms with Gasteiger partial charge >= 0.3 is 0 Å². The lowest BCUT2D eigenvalue weighted by molar-refractivity contribution is 0.100. The van der Waals surface area contributed by atoms with Gasteiger partial charge in [0.25, 0.3) is 11.8 Å². The second-order valence-electron chi connectivity index (χ2n) is 9.75. The van der Waals surface area contributed by atoms with E-state index in [0.717, 1.165) is 4.47 Å². The van der Waals surface area contributed by atoms with E-state index < -0.39 is 26.4 Å². The van der Waals surface area contributed by atoms with E-state index in [-0.39, 0.29) is 16.1 Å². The lowest BCUT2D eigenvalue weighted by atomic mass is 10.0. The molecule has 0 radical (unpaired) electrons. The molecule has 0 aliphatic rings. The van der Waals surface area contributed by atoms with Crippen molar-refractivity contribution < 1.29 is 18.0 Å². The molecule has 0 aliphatic carbocycles. The van der Waals surface area contributed by atoms with Crippen LogP contribution in [0.25, 0.3) is 11.1 Å². The predicted octanol–water partition coefficient (Wildman–Crippen LogP) is 6.18. The summed E-state index contributed by atoms with van der Waals surface area (Å²) in [7, 11) is -3.60. The molecule has 200 valence electrons. The Balaban J connectivity index is 1.60. The van der Waals surface area contributed by atoms with E-state index >= 15 is 0 Å². The van der Waals surface area contributed by atoms with Crippen LogP contribution in [0.15, 0.2) is 94.4 Å². The molecule has 4 aromatic rings. The summed E-state index contributed by atoms with van der Waals surface area (Å²) < 4.78 is 26.2. The fourth-order valence-corrected chi connectivity index (χ4v) is 5.43. The van der Waals surface area contributed by atoms with E-state index in [9.17, 15) is 18.0 Å². The van der Waals surface area contributed by atoms with Gasteiger partial charge in [-0.15, -0.1) is 0 Å². The number of nitrogens with one attached hydrogen (secondary N) is 2. The van der Waals surface area contributed by atoms with Crippen molar-refractivity contribution in [1.82, 2.24) is 4.98 Å². The van der Waals surface area contributed by atoms with Gasteiger partial charge in [0.1, 0.15) is 5.82 Å². The summed E-state index contributed by atoms with van der Waals surface area (Å²) in [6, 6.07) is 21.8. The van der Waals surface area contributed by atoms with Crippen LogP contribution in [-0.4, -0.2) is 30.0 Å². The SMILES string of the molecule is CC(C)(C)S(=O)(=O)c1ccccc1-c1ccc(C(=O)Nc2cc(Nc3ccc(Br)cn3)ccc2C(N)=O)cc1. The normalized spacial score (nSPS) is 11.6. The van der Waals surface area contributed by atoms with Gasteiger partial charge in [-0.25, -0.2) is 13.4 Å². The van der Waals surface area contributed by atoms with E-state index in [2.05, 4.69) is 31.5 Å². The zero-order valence-corrected chi connectivity index (χ0v) is 23.9. The van der Waals surface area contributed by atoms with Crippen LogP contribution in [-0.2, 0) is 9.84 Å². The Morgan fingerprint density at radius 3 is 2.23 bits per heavy atom. The Hall–Kier alpha value is -4.02. The lowest BCUT2D eigenvalue weighted by Crippen LogP contribution is -2.28. The highest BCUT2D eigenvalue weighted by atomic mass is 79.9. The molecule has 2 amide bonds. The van der Waals surface area contributed by atoms with Crippen molar-refractivity contribution in [3.63, 3.8) is 0 Å². The number of carbonyl (C=O) groups excluding carboxylic acids is 2. The van der Waals surface area contributed by atoms with Gasteiger partial charge in [0.2, 0.25) is 0 Å². The number of pyridine rings is 1. The maximum atomic E-state index is 13.2. The van der Waals surface area contributed by atoms with Crippen LogP contribution >= 0.6 is 15.9 Å². The molecule has 0 fully saturated rings. The molecular weight excluding hydrogens is 580 g/mol. The van der Waals surface area contributed by atoms with Crippen LogP contribution in [0.5, 0.6) is 0 Å². The van der Waals surface area contributed by atoms with Crippen LogP contribution in [0.1, 0.15) is 41.5 Å². The van der Waals surface area contributed by atoms with Crippen molar-refractivity contribution >= 4 is 54.8 Å². The molecule has 4 N–H and O–H groups in total. The highest BCUT2D eigenvalue weighted by Crippen LogP contribution is 2.33. The lowest BCUT2D eigenvalue weighted by Gasteiger charge is -2.21. The molecule has 0 saturated carbocycles. The highest BCUT2D eigenvalue weighted by Gasteiger charge is 2.32. The van der Waals surface area contributed by atoms with Gasteiger partial charge < -0.3 is 16.4 Å². The number of nitrogens with zero attached hydrogens (tertiary/aromatic N) is 1. The molecule has 1 aromatic heterocycles. The monoisotopic (exact) mass is 606 g/mol. The second-order valence-corrected chi connectivity index (χ2v) is 13.3. The van der Waals surface area contributed by atoms with Crippen molar-refractivity contribution in [2.45, 2.75) is 30.4 Å². The van der Waals surface area contributed by atoms with Gasteiger partial charge in [-0.3, -0.25) is 9.59 Å². The van der Waals surface area contributed by atoms with Crippen molar-refractivity contribution in [2.75, 3.05) is 10.6 Å². The fraction of sp³-hybridized carbons (Fsp3) is 0.138. The van der Waals surface area contributed by atoms with Crippen LogP contribution in [0.4, 0.5) is 17.2 Å². The first-order valence-electron chi connectivity index (χ1n) is 11.9. The van der Waals surface area contributed by atoms with Gasteiger partial charge in [0.15, 0.2) is 9.84 Å². The third kappa shape index (κ3) is 6.18. The van der Waals surface area contributed by atoms with Crippen molar-refractivity contribution in [3.8, 4) is 11.1 Å². The first-order valence-corrected chi connectivity index (χ1v) is 14.2. The summed E-state index contributed by atoms with van der Waals surface area (Å²) in [5, 5.41) is 5.87. The molecule has 1 heterocycles. The van der Waals surface area contributed by atoms with Gasteiger partial charge in [0.05, 0.1) is 20.9 Å². The van der Waals surface area contributed by atoms with E-state index in [1.807, 2.05) is 6.07 Å². The average Bonchev–Trinajstić information content (AvgIpc) is 2.89. The van der Waals surface area contributed by atoms with E-state index in [1.165, 1.54) is 6.07 Å². The Bertz CT molecular complexity index is 1650. The number of sulfone groups is 1. The minimum absolute atomic E-state index is 0.149. The number of hydrogen-bond donors (Lipinski definition) is 3. The molecule has 0 spiro atoms. The van der Waals surface area contributed by atoms with E-state index in [0.29, 0.717) is 28.2 Å². The number of benzene rings is 3. The summed E-state index contributed by atoms with van der Waals surface area (Å²) in [6.45, 7) is 4.98. The Morgan fingerprint density at radius 1 is 0.923 bits per heavy atom. The molecule has 39 heavy (non-hydrogen) atoms. The number of aromatic nitrogens is 1. The van der Waals surface area contributed by atoms with E-state index in [1.54, 1.807) is 93.7 Å². The van der Waals surface area contributed by atoms with Crippen LogP contribution in [0.3, 0.4) is 0 Å². The molecule has 3 aromatic carbocycles. The standard InChI is InChI=1S/C29H27BrN4O4S/c1-29(2,3)39(37,38)25-7-5-4-6-22(25)18-8-10-19(11-9-18)28(36)34-24-16-21(13-14-23(24)27(31)35)33-26-15-12-20(30)17-32-26/h4-17H,1-3H3,(H2,31,35)(H,32,33)(H,34,36). The number of anilines is 3. The quantitative estimate of drug-likeness (QED) is 0.230. The average molecular weight is 608 g/mol. The largest absolute Gasteiger partial charge is 0.366 e. The number of halogens is 1. The minimum atomic E-state index is -3.60. The van der Waals surface area contributed by atoms with Gasteiger partial charge in [-0.2, -0.15) is 0 Å². The van der Waals surface area contributed by atoms with Gasteiger partial charge in [-0.05, 0) is 90.8 Å². The summed E-state index contributed by atoms with van der Waals surface area (Å²) in [4.78, 5) is 29.6. The number of nitrogens with two attached hydrogens (primary N) is 1. The molecule has 0 saturated heterocycles.